The van der Waals surface area contributed by atoms with Crippen LogP contribution in [0.25, 0.3) is 0 Å². The van der Waals surface area contributed by atoms with Crippen LogP contribution in [0.4, 0.5) is 13.2 Å². The fourth-order valence-corrected chi connectivity index (χ4v) is 3.33. The first-order valence-electron chi connectivity index (χ1n) is 7.91. The highest BCUT2D eigenvalue weighted by molar-refractivity contribution is 5.81. The zero-order valence-electron chi connectivity index (χ0n) is 13.0. The molecule has 0 aliphatic carbocycles. The SMILES string of the molecule is O=C1[C@@H](C(F)(F)F)[C@H](c2ccccc2)CCN1Cc1ccccc1. The smallest absolute Gasteiger partial charge is 0.338 e. The number of piperidine rings is 1. The minimum absolute atomic E-state index is 0.216. The molecule has 1 aliphatic rings. The van der Waals surface area contributed by atoms with Gasteiger partial charge in [-0.2, -0.15) is 13.2 Å². The van der Waals surface area contributed by atoms with E-state index in [2.05, 4.69) is 0 Å². The highest BCUT2D eigenvalue weighted by Gasteiger charge is 2.53. The number of rotatable bonds is 3. The van der Waals surface area contributed by atoms with E-state index in [1.165, 1.54) is 4.90 Å². The van der Waals surface area contributed by atoms with E-state index in [0.29, 0.717) is 18.5 Å². The van der Waals surface area contributed by atoms with Crippen LogP contribution in [0, 0.1) is 5.92 Å². The third kappa shape index (κ3) is 3.45. The lowest BCUT2D eigenvalue weighted by atomic mass is 9.79. The number of hydrogen-bond acceptors (Lipinski definition) is 1. The Hall–Kier alpha value is -2.30. The summed E-state index contributed by atoms with van der Waals surface area (Å²) in [5.74, 6) is -3.62. The molecular weight excluding hydrogens is 315 g/mol. The minimum atomic E-state index is -4.55. The molecule has 0 radical (unpaired) electrons. The number of benzene rings is 2. The molecule has 5 heteroatoms. The molecule has 0 aromatic heterocycles. The molecule has 1 amide bonds. The van der Waals surface area contributed by atoms with E-state index < -0.39 is 23.9 Å². The van der Waals surface area contributed by atoms with Gasteiger partial charge in [0.1, 0.15) is 5.92 Å². The summed E-state index contributed by atoms with van der Waals surface area (Å²) in [5, 5.41) is 0. The molecule has 1 aliphatic heterocycles. The molecular formula is C19H18F3NO. The second-order valence-corrected chi connectivity index (χ2v) is 6.07. The molecule has 2 atom stereocenters. The zero-order valence-corrected chi connectivity index (χ0v) is 13.0. The van der Waals surface area contributed by atoms with E-state index in [-0.39, 0.29) is 6.54 Å². The van der Waals surface area contributed by atoms with Gasteiger partial charge in [0.25, 0.3) is 0 Å². The van der Waals surface area contributed by atoms with E-state index in [4.69, 9.17) is 0 Å². The maximum atomic E-state index is 13.6. The Morgan fingerprint density at radius 1 is 0.958 bits per heavy atom. The average molecular weight is 333 g/mol. The maximum Gasteiger partial charge on any atom is 0.401 e. The molecule has 2 nitrogen and oxygen atoms in total. The van der Waals surface area contributed by atoms with E-state index >= 15 is 0 Å². The number of nitrogens with zero attached hydrogens (tertiary/aromatic N) is 1. The highest BCUT2D eigenvalue weighted by Crippen LogP contribution is 2.43. The molecule has 0 N–H and O–H groups in total. The van der Waals surface area contributed by atoms with Crippen molar-refractivity contribution in [1.29, 1.82) is 0 Å². The second-order valence-electron chi connectivity index (χ2n) is 6.07. The van der Waals surface area contributed by atoms with Crippen LogP contribution in [0.15, 0.2) is 60.7 Å². The Bertz CT molecular complexity index is 685. The highest BCUT2D eigenvalue weighted by atomic mass is 19.4. The normalized spacial score (nSPS) is 21.8. The number of amides is 1. The number of likely N-dealkylation sites (tertiary alicyclic amines) is 1. The first-order chi connectivity index (χ1) is 11.5. The van der Waals surface area contributed by atoms with Crippen molar-refractivity contribution in [3.8, 4) is 0 Å². The van der Waals surface area contributed by atoms with Gasteiger partial charge in [-0.05, 0) is 17.5 Å². The maximum absolute atomic E-state index is 13.6. The van der Waals surface area contributed by atoms with Crippen molar-refractivity contribution in [2.75, 3.05) is 6.54 Å². The summed E-state index contributed by atoms with van der Waals surface area (Å²) >= 11 is 0. The van der Waals surface area contributed by atoms with Gasteiger partial charge in [-0.25, -0.2) is 0 Å². The van der Waals surface area contributed by atoms with Gasteiger partial charge in [-0.15, -0.1) is 0 Å². The largest absolute Gasteiger partial charge is 0.401 e. The molecule has 3 rings (SSSR count). The van der Waals surface area contributed by atoms with E-state index in [1.54, 1.807) is 30.3 Å². The Balaban J connectivity index is 1.86. The molecule has 24 heavy (non-hydrogen) atoms. The van der Waals surface area contributed by atoms with Crippen LogP contribution in [-0.4, -0.2) is 23.5 Å². The lowest BCUT2D eigenvalue weighted by Gasteiger charge is -2.39. The molecule has 0 spiro atoms. The molecule has 0 bridgehead atoms. The van der Waals surface area contributed by atoms with Gasteiger partial charge in [0.05, 0.1) is 0 Å². The lowest BCUT2D eigenvalue weighted by Crippen LogP contribution is -2.50. The third-order valence-corrected chi connectivity index (χ3v) is 4.49. The van der Waals surface area contributed by atoms with Crippen molar-refractivity contribution in [2.24, 2.45) is 5.92 Å². The zero-order chi connectivity index (χ0) is 17.2. The first kappa shape index (κ1) is 16.6. The molecule has 1 saturated heterocycles. The predicted octanol–water partition coefficient (Wildman–Crippen LogP) is 4.38. The Labute approximate surface area is 138 Å². The van der Waals surface area contributed by atoms with Crippen molar-refractivity contribution >= 4 is 5.91 Å². The molecule has 0 unspecified atom stereocenters. The molecule has 2 aromatic carbocycles. The van der Waals surface area contributed by atoms with Crippen molar-refractivity contribution in [3.05, 3.63) is 71.8 Å². The van der Waals surface area contributed by atoms with Crippen LogP contribution < -0.4 is 0 Å². The molecule has 1 fully saturated rings. The molecule has 126 valence electrons. The second kappa shape index (κ2) is 6.67. The van der Waals surface area contributed by atoms with Gasteiger partial charge in [0, 0.05) is 19.0 Å². The standard InChI is InChI=1S/C19H18F3NO/c20-19(21,22)17-16(15-9-5-2-6-10-15)11-12-23(18(17)24)13-14-7-3-1-4-8-14/h1-10,16-17H,11-13H2/t16-,17-/m0/s1. The van der Waals surface area contributed by atoms with Crippen molar-refractivity contribution in [2.45, 2.75) is 25.1 Å². The van der Waals surface area contributed by atoms with Crippen LogP contribution in [-0.2, 0) is 11.3 Å². The summed E-state index contributed by atoms with van der Waals surface area (Å²) in [4.78, 5) is 13.9. The Kier molecular flexibility index (Phi) is 4.60. The van der Waals surface area contributed by atoms with Crippen LogP contribution in [0.1, 0.15) is 23.5 Å². The quantitative estimate of drug-likeness (QED) is 0.816. The lowest BCUT2D eigenvalue weighted by molar-refractivity contribution is -0.199. The Morgan fingerprint density at radius 3 is 2.12 bits per heavy atom. The number of hydrogen-bond donors (Lipinski definition) is 0. The molecule has 0 saturated carbocycles. The molecule has 1 heterocycles. The summed E-state index contributed by atoms with van der Waals surface area (Å²) in [6.07, 6.45) is -4.24. The summed E-state index contributed by atoms with van der Waals surface area (Å²) < 4.78 is 40.8. The van der Waals surface area contributed by atoms with Gasteiger partial charge in [-0.1, -0.05) is 60.7 Å². The fraction of sp³-hybridized carbons (Fsp3) is 0.316. The van der Waals surface area contributed by atoms with Gasteiger partial charge in [0.15, 0.2) is 0 Å². The van der Waals surface area contributed by atoms with Crippen molar-refractivity contribution in [3.63, 3.8) is 0 Å². The van der Waals surface area contributed by atoms with Gasteiger partial charge in [-0.3, -0.25) is 4.79 Å². The summed E-state index contributed by atoms with van der Waals surface area (Å²) in [6, 6.07) is 17.6. The van der Waals surface area contributed by atoms with Crippen LogP contribution in [0.3, 0.4) is 0 Å². The third-order valence-electron chi connectivity index (χ3n) is 4.49. The monoisotopic (exact) mass is 333 g/mol. The fourth-order valence-electron chi connectivity index (χ4n) is 3.33. The minimum Gasteiger partial charge on any atom is -0.338 e. The topological polar surface area (TPSA) is 20.3 Å². The van der Waals surface area contributed by atoms with Gasteiger partial charge < -0.3 is 4.90 Å². The average Bonchev–Trinajstić information content (AvgIpc) is 2.57. The van der Waals surface area contributed by atoms with Crippen LogP contribution in [0.5, 0.6) is 0 Å². The molecule has 2 aromatic rings. The Morgan fingerprint density at radius 2 is 1.54 bits per heavy atom. The van der Waals surface area contributed by atoms with E-state index in [1.807, 2.05) is 30.3 Å². The number of carbonyl (C=O) groups excluding carboxylic acids is 1. The van der Waals surface area contributed by atoms with Crippen LogP contribution in [0.2, 0.25) is 0 Å². The van der Waals surface area contributed by atoms with Crippen molar-refractivity contribution in [1.82, 2.24) is 4.90 Å². The number of carbonyl (C=O) groups is 1. The predicted molar refractivity (Wildman–Crippen MR) is 85.2 cm³/mol. The number of alkyl halides is 3. The van der Waals surface area contributed by atoms with Crippen LogP contribution >= 0.6 is 0 Å². The van der Waals surface area contributed by atoms with Crippen molar-refractivity contribution < 1.29 is 18.0 Å². The van der Waals surface area contributed by atoms with Gasteiger partial charge in [0.2, 0.25) is 5.91 Å². The summed E-state index contributed by atoms with van der Waals surface area (Å²) in [6.45, 7) is 0.549. The van der Waals surface area contributed by atoms with Gasteiger partial charge >= 0.3 is 6.18 Å². The van der Waals surface area contributed by atoms with E-state index in [9.17, 15) is 18.0 Å². The number of halogens is 3. The first-order valence-corrected chi connectivity index (χ1v) is 7.91. The summed E-state index contributed by atoms with van der Waals surface area (Å²) in [5.41, 5.74) is 1.41. The van der Waals surface area contributed by atoms with E-state index in [0.717, 1.165) is 5.56 Å². The summed E-state index contributed by atoms with van der Waals surface area (Å²) in [7, 11) is 0.